The van der Waals surface area contributed by atoms with E-state index in [1.165, 1.54) is 6.20 Å². The van der Waals surface area contributed by atoms with Crippen molar-refractivity contribution in [3.8, 4) is 0 Å². The zero-order valence-corrected chi connectivity index (χ0v) is 11.7. The van der Waals surface area contributed by atoms with Gasteiger partial charge >= 0.3 is 6.18 Å². The molecule has 1 aromatic heterocycles. The number of nitrogens with zero attached hydrogens (tertiary/aromatic N) is 2. The molecule has 20 heavy (non-hydrogen) atoms. The van der Waals surface area contributed by atoms with E-state index >= 15 is 0 Å². The van der Waals surface area contributed by atoms with Gasteiger partial charge in [0.05, 0.1) is 12.8 Å². The molecule has 1 aromatic rings. The molecule has 0 saturated heterocycles. The lowest BCUT2D eigenvalue weighted by molar-refractivity contribution is -0.172. The van der Waals surface area contributed by atoms with Gasteiger partial charge in [0.25, 0.3) is 0 Å². The fourth-order valence-electron chi connectivity index (χ4n) is 1.24. The number of alkyl halides is 3. The molecule has 0 saturated carbocycles. The van der Waals surface area contributed by atoms with Gasteiger partial charge in [0, 0.05) is 13.1 Å². The van der Waals surface area contributed by atoms with Gasteiger partial charge in [-0.15, -0.1) is 0 Å². The summed E-state index contributed by atoms with van der Waals surface area (Å²) in [5, 5.41) is 6.08. The molecule has 0 bridgehead atoms. The number of rotatable bonds is 8. The lowest BCUT2D eigenvalue weighted by Crippen LogP contribution is -2.20. The molecule has 0 radical (unpaired) electrons. The number of halogens is 4. The van der Waals surface area contributed by atoms with Gasteiger partial charge in [0.15, 0.2) is 5.82 Å². The predicted octanol–water partition coefficient (Wildman–Crippen LogP) is 2.94. The van der Waals surface area contributed by atoms with Crippen LogP contribution < -0.4 is 10.6 Å². The molecule has 0 aromatic carbocycles. The second-order valence-corrected chi connectivity index (χ2v) is 4.32. The monoisotopic (exact) mass is 312 g/mol. The number of hydrogen-bond acceptors (Lipinski definition) is 5. The van der Waals surface area contributed by atoms with Crippen LogP contribution in [0.15, 0.2) is 6.20 Å². The second kappa shape index (κ2) is 8.11. The Morgan fingerprint density at radius 1 is 1.30 bits per heavy atom. The van der Waals surface area contributed by atoms with Crippen molar-refractivity contribution >= 4 is 23.4 Å². The molecule has 0 aliphatic rings. The first-order valence-electron chi connectivity index (χ1n) is 6.07. The Kier molecular flexibility index (Phi) is 6.80. The summed E-state index contributed by atoms with van der Waals surface area (Å²) in [6, 6.07) is 0. The topological polar surface area (TPSA) is 59.1 Å². The van der Waals surface area contributed by atoms with Crippen LogP contribution in [0.2, 0.25) is 5.02 Å². The minimum absolute atomic E-state index is 0.0996. The normalized spacial score (nSPS) is 11.4. The smallest absolute Gasteiger partial charge is 0.370 e. The molecule has 1 rings (SSSR count). The van der Waals surface area contributed by atoms with Crippen molar-refractivity contribution in [2.24, 2.45) is 0 Å². The fourth-order valence-corrected chi connectivity index (χ4v) is 1.40. The average molecular weight is 313 g/mol. The summed E-state index contributed by atoms with van der Waals surface area (Å²) < 4.78 is 40.0. The van der Waals surface area contributed by atoms with Crippen molar-refractivity contribution in [3.63, 3.8) is 0 Å². The zero-order valence-electron chi connectivity index (χ0n) is 10.9. The largest absolute Gasteiger partial charge is 0.411 e. The Labute approximate surface area is 119 Å². The highest BCUT2D eigenvalue weighted by molar-refractivity contribution is 6.32. The van der Waals surface area contributed by atoms with Crippen LogP contribution in [0, 0.1) is 0 Å². The fraction of sp³-hybridized carbons (Fsp3) is 0.636. The van der Waals surface area contributed by atoms with Gasteiger partial charge in [-0.1, -0.05) is 18.5 Å². The van der Waals surface area contributed by atoms with E-state index < -0.39 is 12.8 Å². The molecule has 1 heterocycles. The third kappa shape index (κ3) is 6.76. The van der Waals surface area contributed by atoms with Crippen molar-refractivity contribution in [1.29, 1.82) is 0 Å². The van der Waals surface area contributed by atoms with Crippen molar-refractivity contribution in [1.82, 2.24) is 9.97 Å². The summed E-state index contributed by atoms with van der Waals surface area (Å²) in [6.45, 7) is 1.52. The summed E-state index contributed by atoms with van der Waals surface area (Å²) in [5.74, 6) is 0.769. The molecule has 2 N–H and O–H groups in total. The molecule has 0 fully saturated rings. The minimum Gasteiger partial charge on any atom is -0.370 e. The Morgan fingerprint density at radius 3 is 2.70 bits per heavy atom. The molecule has 0 unspecified atom stereocenters. The SMILES string of the molecule is CCCNc1ncc(Cl)c(NCCOCC(F)(F)F)n1. The van der Waals surface area contributed by atoms with Crippen LogP contribution in [0.25, 0.3) is 0 Å². The maximum atomic E-state index is 11.8. The zero-order chi connectivity index (χ0) is 15.0. The van der Waals surface area contributed by atoms with Crippen LogP contribution in [-0.4, -0.2) is 42.4 Å². The average Bonchev–Trinajstić information content (AvgIpc) is 2.37. The van der Waals surface area contributed by atoms with E-state index in [-0.39, 0.29) is 13.2 Å². The molecule has 114 valence electrons. The first kappa shape index (κ1) is 16.8. The lowest BCUT2D eigenvalue weighted by atomic mass is 10.5. The highest BCUT2D eigenvalue weighted by atomic mass is 35.5. The Bertz CT molecular complexity index is 417. The van der Waals surface area contributed by atoms with Gasteiger partial charge < -0.3 is 15.4 Å². The first-order chi connectivity index (χ1) is 9.42. The van der Waals surface area contributed by atoms with Gasteiger partial charge in [0.2, 0.25) is 5.95 Å². The quantitative estimate of drug-likeness (QED) is 0.723. The third-order valence-corrected chi connectivity index (χ3v) is 2.36. The maximum absolute atomic E-state index is 11.8. The molecule has 0 amide bonds. The summed E-state index contributed by atoms with van der Waals surface area (Å²) in [7, 11) is 0. The summed E-state index contributed by atoms with van der Waals surface area (Å²) in [4.78, 5) is 8.09. The van der Waals surface area contributed by atoms with Crippen molar-refractivity contribution in [2.75, 3.05) is 36.9 Å². The second-order valence-electron chi connectivity index (χ2n) is 3.91. The van der Waals surface area contributed by atoms with Crippen LogP contribution in [0.1, 0.15) is 13.3 Å². The standard InChI is InChI=1S/C11H16ClF3N4O/c1-2-3-17-10-18-6-8(12)9(19-10)16-4-5-20-7-11(13,14)15/h6H,2-5,7H2,1H3,(H2,16,17,18,19). The van der Waals surface area contributed by atoms with E-state index in [0.29, 0.717) is 16.8 Å². The van der Waals surface area contributed by atoms with Gasteiger partial charge in [0.1, 0.15) is 11.6 Å². The molecule has 9 heteroatoms. The molecule has 0 aliphatic heterocycles. The first-order valence-corrected chi connectivity index (χ1v) is 6.45. The van der Waals surface area contributed by atoms with E-state index in [9.17, 15) is 13.2 Å². The van der Waals surface area contributed by atoms with Gasteiger partial charge in [-0.3, -0.25) is 0 Å². The van der Waals surface area contributed by atoms with E-state index in [1.54, 1.807) is 0 Å². The van der Waals surface area contributed by atoms with Crippen LogP contribution in [0.3, 0.4) is 0 Å². The Hall–Kier alpha value is -1.28. The third-order valence-electron chi connectivity index (χ3n) is 2.08. The van der Waals surface area contributed by atoms with Crippen LogP contribution >= 0.6 is 11.6 Å². The van der Waals surface area contributed by atoms with Crippen LogP contribution in [0.5, 0.6) is 0 Å². The van der Waals surface area contributed by atoms with E-state index in [4.69, 9.17) is 11.6 Å². The Balaban J connectivity index is 2.38. The van der Waals surface area contributed by atoms with E-state index in [2.05, 4.69) is 25.3 Å². The lowest BCUT2D eigenvalue weighted by Gasteiger charge is -2.10. The van der Waals surface area contributed by atoms with Crippen molar-refractivity contribution in [3.05, 3.63) is 11.2 Å². The number of ether oxygens (including phenoxy) is 1. The highest BCUT2D eigenvalue weighted by Gasteiger charge is 2.27. The van der Waals surface area contributed by atoms with Gasteiger partial charge in [-0.05, 0) is 6.42 Å². The van der Waals surface area contributed by atoms with E-state index in [1.807, 2.05) is 6.92 Å². The molecular formula is C11H16ClF3N4O. The van der Waals surface area contributed by atoms with Gasteiger partial charge in [-0.2, -0.15) is 18.2 Å². The summed E-state index contributed by atoms with van der Waals surface area (Å²) >= 11 is 5.88. The molecular weight excluding hydrogens is 297 g/mol. The number of hydrogen-bond donors (Lipinski definition) is 2. The van der Waals surface area contributed by atoms with Crippen LogP contribution in [0.4, 0.5) is 24.9 Å². The number of anilines is 2. The van der Waals surface area contributed by atoms with Crippen molar-refractivity contribution < 1.29 is 17.9 Å². The molecule has 0 atom stereocenters. The number of aromatic nitrogens is 2. The molecule has 0 aliphatic carbocycles. The minimum atomic E-state index is -4.32. The molecule has 0 spiro atoms. The van der Waals surface area contributed by atoms with Crippen LogP contribution in [-0.2, 0) is 4.74 Å². The summed E-state index contributed by atoms with van der Waals surface area (Å²) in [5.41, 5.74) is 0. The predicted molar refractivity (Wildman–Crippen MR) is 71.2 cm³/mol. The highest BCUT2D eigenvalue weighted by Crippen LogP contribution is 2.19. The summed E-state index contributed by atoms with van der Waals surface area (Å²) in [6.07, 6.45) is -1.98. The Morgan fingerprint density at radius 2 is 2.05 bits per heavy atom. The number of nitrogens with one attached hydrogen (secondary N) is 2. The van der Waals surface area contributed by atoms with Crippen molar-refractivity contribution in [2.45, 2.75) is 19.5 Å². The van der Waals surface area contributed by atoms with Gasteiger partial charge in [-0.25, -0.2) is 4.98 Å². The maximum Gasteiger partial charge on any atom is 0.411 e. The molecule has 5 nitrogen and oxygen atoms in total. The van der Waals surface area contributed by atoms with E-state index in [0.717, 1.165) is 13.0 Å².